The predicted molar refractivity (Wildman–Crippen MR) is 89.0 cm³/mol. The zero-order chi connectivity index (χ0) is 15.2. The van der Waals surface area contributed by atoms with Crippen LogP contribution in [-0.2, 0) is 0 Å². The van der Waals surface area contributed by atoms with Crippen molar-refractivity contribution in [3.8, 4) is 5.69 Å². The van der Waals surface area contributed by atoms with Crippen LogP contribution in [0.2, 0.25) is 0 Å². The van der Waals surface area contributed by atoms with Gasteiger partial charge in [-0.2, -0.15) is 11.8 Å². The summed E-state index contributed by atoms with van der Waals surface area (Å²) in [6.07, 6.45) is 7.53. The standard InChI is InChI=1S/C16H23N3OS/c1-12(18-13(2)16(10-20)21-3)14-4-6-15(7-5-14)19-9-8-17-11-19/h4-9,11-13,16,18,20H,10H2,1-3H3. The van der Waals surface area contributed by atoms with E-state index in [1.807, 2.05) is 17.0 Å². The van der Waals surface area contributed by atoms with Crippen molar-refractivity contribution in [1.82, 2.24) is 14.9 Å². The van der Waals surface area contributed by atoms with Crippen molar-refractivity contribution >= 4 is 11.8 Å². The second kappa shape index (κ2) is 7.64. The number of thioether (sulfide) groups is 1. The maximum atomic E-state index is 9.35. The van der Waals surface area contributed by atoms with Crippen LogP contribution in [0.4, 0.5) is 0 Å². The Bertz CT molecular complexity index is 523. The molecule has 0 saturated heterocycles. The smallest absolute Gasteiger partial charge is 0.0991 e. The lowest BCUT2D eigenvalue weighted by atomic mass is 10.1. The molecule has 0 aliphatic heterocycles. The van der Waals surface area contributed by atoms with Gasteiger partial charge in [-0.1, -0.05) is 12.1 Å². The number of imidazole rings is 1. The van der Waals surface area contributed by atoms with Crippen LogP contribution >= 0.6 is 11.8 Å². The molecule has 4 nitrogen and oxygen atoms in total. The summed E-state index contributed by atoms with van der Waals surface area (Å²) < 4.78 is 1.99. The highest BCUT2D eigenvalue weighted by atomic mass is 32.2. The number of aromatic nitrogens is 2. The molecule has 2 N–H and O–H groups in total. The normalized spacial score (nSPS) is 15.6. The number of nitrogens with one attached hydrogen (secondary N) is 1. The summed E-state index contributed by atoms with van der Waals surface area (Å²) in [4.78, 5) is 4.06. The topological polar surface area (TPSA) is 50.1 Å². The molecule has 5 heteroatoms. The van der Waals surface area contributed by atoms with Gasteiger partial charge in [0.05, 0.1) is 12.9 Å². The molecule has 2 aromatic rings. The molecule has 1 aromatic carbocycles. The molecule has 0 aliphatic rings. The second-order valence-electron chi connectivity index (χ2n) is 5.20. The van der Waals surface area contributed by atoms with Gasteiger partial charge in [0.1, 0.15) is 0 Å². The van der Waals surface area contributed by atoms with Gasteiger partial charge in [0.15, 0.2) is 0 Å². The number of aliphatic hydroxyl groups is 1. The van der Waals surface area contributed by atoms with E-state index >= 15 is 0 Å². The molecule has 0 amide bonds. The third-order valence-electron chi connectivity index (χ3n) is 3.75. The van der Waals surface area contributed by atoms with Crippen LogP contribution in [0, 0.1) is 0 Å². The van der Waals surface area contributed by atoms with E-state index in [2.05, 4.69) is 48.4 Å². The largest absolute Gasteiger partial charge is 0.395 e. The third kappa shape index (κ3) is 4.09. The molecule has 0 aliphatic carbocycles. The highest BCUT2D eigenvalue weighted by molar-refractivity contribution is 7.99. The fraction of sp³-hybridized carbons (Fsp3) is 0.438. The molecule has 3 unspecified atom stereocenters. The Morgan fingerprint density at radius 1 is 1.29 bits per heavy atom. The van der Waals surface area contributed by atoms with E-state index in [1.165, 1.54) is 5.56 Å². The van der Waals surface area contributed by atoms with Gasteiger partial charge in [-0.25, -0.2) is 4.98 Å². The molecule has 2 rings (SSSR count). The Hall–Kier alpha value is -1.30. The lowest BCUT2D eigenvalue weighted by Crippen LogP contribution is -2.38. The minimum absolute atomic E-state index is 0.196. The first kappa shape index (κ1) is 16.1. The number of rotatable bonds is 7. The first-order valence-corrected chi connectivity index (χ1v) is 8.42. The first-order valence-electron chi connectivity index (χ1n) is 7.13. The molecule has 3 atom stereocenters. The molecule has 0 fully saturated rings. The maximum absolute atomic E-state index is 9.35. The Kier molecular flexibility index (Phi) is 5.85. The van der Waals surface area contributed by atoms with Crippen molar-refractivity contribution in [2.24, 2.45) is 0 Å². The SMILES string of the molecule is CSC(CO)C(C)NC(C)c1ccc(-n2ccnc2)cc1. The molecule has 114 valence electrons. The molecule has 0 bridgehead atoms. The van der Waals surface area contributed by atoms with Gasteiger partial charge in [0, 0.05) is 35.4 Å². The quantitative estimate of drug-likeness (QED) is 0.825. The van der Waals surface area contributed by atoms with Crippen LogP contribution in [0.25, 0.3) is 5.69 Å². The average molecular weight is 305 g/mol. The number of hydrogen-bond acceptors (Lipinski definition) is 4. The van der Waals surface area contributed by atoms with Crippen molar-refractivity contribution in [2.75, 3.05) is 12.9 Å². The van der Waals surface area contributed by atoms with Crippen LogP contribution in [0.5, 0.6) is 0 Å². The van der Waals surface area contributed by atoms with Crippen LogP contribution < -0.4 is 5.32 Å². The van der Waals surface area contributed by atoms with Gasteiger partial charge < -0.3 is 15.0 Å². The van der Waals surface area contributed by atoms with E-state index in [4.69, 9.17) is 0 Å². The zero-order valence-corrected chi connectivity index (χ0v) is 13.5. The highest BCUT2D eigenvalue weighted by Crippen LogP contribution is 2.18. The summed E-state index contributed by atoms with van der Waals surface area (Å²) in [5.74, 6) is 0. The van der Waals surface area contributed by atoms with Gasteiger partial charge in [-0.05, 0) is 37.8 Å². The molecule has 1 aromatic heterocycles. The summed E-state index contributed by atoms with van der Waals surface area (Å²) in [5.41, 5.74) is 2.34. The van der Waals surface area contributed by atoms with E-state index in [1.54, 1.807) is 24.3 Å². The Morgan fingerprint density at radius 2 is 2.00 bits per heavy atom. The van der Waals surface area contributed by atoms with E-state index in [0.717, 1.165) is 5.69 Å². The monoisotopic (exact) mass is 305 g/mol. The van der Waals surface area contributed by atoms with Gasteiger partial charge in [-0.3, -0.25) is 0 Å². The molecular weight excluding hydrogens is 282 g/mol. The van der Waals surface area contributed by atoms with E-state index in [-0.39, 0.29) is 23.9 Å². The fourth-order valence-electron chi connectivity index (χ4n) is 2.38. The van der Waals surface area contributed by atoms with Crippen molar-refractivity contribution < 1.29 is 5.11 Å². The van der Waals surface area contributed by atoms with Crippen LogP contribution in [-0.4, -0.2) is 38.8 Å². The minimum Gasteiger partial charge on any atom is -0.395 e. The fourth-order valence-corrected chi connectivity index (χ4v) is 3.02. The minimum atomic E-state index is 0.196. The molecule has 21 heavy (non-hydrogen) atoms. The van der Waals surface area contributed by atoms with Gasteiger partial charge >= 0.3 is 0 Å². The third-order valence-corrected chi connectivity index (χ3v) is 4.91. The molecule has 0 radical (unpaired) electrons. The van der Waals surface area contributed by atoms with Crippen molar-refractivity contribution in [1.29, 1.82) is 0 Å². The summed E-state index contributed by atoms with van der Waals surface area (Å²) in [7, 11) is 0. The molecular formula is C16H23N3OS. The number of benzene rings is 1. The summed E-state index contributed by atoms with van der Waals surface area (Å²) in [6.45, 7) is 4.47. The van der Waals surface area contributed by atoms with Crippen LogP contribution in [0.1, 0.15) is 25.5 Å². The van der Waals surface area contributed by atoms with Crippen molar-refractivity contribution in [3.63, 3.8) is 0 Å². The van der Waals surface area contributed by atoms with Crippen molar-refractivity contribution in [2.45, 2.75) is 31.2 Å². The van der Waals surface area contributed by atoms with Gasteiger partial charge in [-0.15, -0.1) is 0 Å². The van der Waals surface area contributed by atoms with Crippen LogP contribution in [0.3, 0.4) is 0 Å². The van der Waals surface area contributed by atoms with Crippen LogP contribution in [0.15, 0.2) is 43.0 Å². The van der Waals surface area contributed by atoms with E-state index in [0.29, 0.717) is 0 Å². The average Bonchev–Trinajstić information content (AvgIpc) is 3.03. The Labute approximate surface area is 130 Å². The first-order chi connectivity index (χ1) is 10.2. The lowest BCUT2D eigenvalue weighted by Gasteiger charge is -2.25. The summed E-state index contributed by atoms with van der Waals surface area (Å²) in [5, 5.41) is 13.1. The molecule has 1 heterocycles. The Morgan fingerprint density at radius 3 is 2.52 bits per heavy atom. The zero-order valence-electron chi connectivity index (χ0n) is 12.7. The summed E-state index contributed by atoms with van der Waals surface area (Å²) >= 11 is 1.69. The van der Waals surface area contributed by atoms with E-state index < -0.39 is 0 Å². The van der Waals surface area contributed by atoms with Gasteiger partial charge in [0.25, 0.3) is 0 Å². The van der Waals surface area contributed by atoms with Gasteiger partial charge in [0.2, 0.25) is 0 Å². The number of nitrogens with zero attached hydrogens (tertiary/aromatic N) is 2. The van der Waals surface area contributed by atoms with Crippen molar-refractivity contribution in [3.05, 3.63) is 48.5 Å². The molecule has 0 saturated carbocycles. The Balaban J connectivity index is 2.01. The lowest BCUT2D eigenvalue weighted by molar-refractivity contribution is 0.272. The maximum Gasteiger partial charge on any atom is 0.0991 e. The molecule has 0 spiro atoms. The van der Waals surface area contributed by atoms with E-state index in [9.17, 15) is 5.11 Å². The summed E-state index contributed by atoms with van der Waals surface area (Å²) in [6, 6.07) is 8.96. The highest BCUT2D eigenvalue weighted by Gasteiger charge is 2.17. The predicted octanol–water partition coefficient (Wildman–Crippen LogP) is 2.64. The number of aliphatic hydroxyl groups excluding tert-OH is 1. The number of hydrogen-bond donors (Lipinski definition) is 2. The second-order valence-corrected chi connectivity index (χ2v) is 6.27.